The highest BCUT2D eigenvalue weighted by molar-refractivity contribution is 7.99. The molecule has 2 N–H and O–H groups in total. The molecule has 0 fully saturated rings. The molecule has 0 aliphatic rings. The van der Waals surface area contributed by atoms with Crippen LogP contribution in [0.15, 0.2) is 17.4 Å². The molecule has 5 heteroatoms. The van der Waals surface area contributed by atoms with Gasteiger partial charge in [-0.1, -0.05) is 0 Å². The zero-order valence-electron chi connectivity index (χ0n) is 9.27. The first-order valence-corrected chi connectivity index (χ1v) is 7.15. The fourth-order valence-corrected chi connectivity index (χ4v) is 3.37. The van der Waals surface area contributed by atoms with Crippen molar-refractivity contribution < 1.29 is 0 Å². The van der Waals surface area contributed by atoms with Crippen LogP contribution in [0.4, 0.5) is 0 Å². The summed E-state index contributed by atoms with van der Waals surface area (Å²) in [6.07, 6.45) is 3.89. The Morgan fingerprint density at radius 3 is 3.06 bits per heavy atom. The molecule has 0 spiro atoms. The molecule has 0 atom stereocenters. The van der Waals surface area contributed by atoms with Crippen LogP contribution in [0, 0.1) is 6.92 Å². The van der Waals surface area contributed by atoms with Crippen LogP contribution in [0.2, 0.25) is 0 Å². The summed E-state index contributed by atoms with van der Waals surface area (Å²) in [6, 6.07) is 2.17. The zero-order valence-corrected chi connectivity index (χ0v) is 10.9. The third-order valence-corrected chi connectivity index (χ3v) is 4.30. The van der Waals surface area contributed by atoms with Crippen LogP contribution in [0.5, 0.6) is 0 Å². The minimum atomic E-state index is 0.775. The number of nitrogens with zero attached hydrogens (tertiary/aromatic N) is 2. The van der Waals surface area contributed by atoms with Gasteiger partial charge in [-0.25, -0.2) is 9.97 Å². The Morgan fingerprint density at radius 1 is 1.38 bits per heavy atom. The van der Waals surface area contributed by atoms with Gasteiger partial charge in [-0.2, -0.15) is 0 Å². The molecular weight excluding hydrogens is 238 g/mol. The Morgan fingerprint density at radius 2 is 2.25 bits per heavy atom. The van der Waals surface area contributed by atoms with E-state index in [-0.39, 0.29) is 0 Å². The summed E-state index contributed by atoms with van der Waals surface area (Å²) in [5, 5.41) is 2.30. The average Bonchev–Trinajstić information content (AvgIpc) is 2.65. The van der Waals surface area contributed by atoms with Crippen LogP contribution in [0.25, 0.3) is 10.2 Å². The van der Waals surface area contributed by atoms with Crippen molar-refractivity contribution in [2.75, 3.05) is 12.3 Å². The molecule has 0 saturated carbocycles. The highest BCUT2D eigenvalue weighted by Gasteiger charge is 2.06. The van der Waals surface area contributed by atoms with Gasteiger partial charge in [0.1, 0.15) is 16.2 Å². The molecule has 2 aromatic rings. The summed E-state index contributed by atoms with van der Waals surface area (Å²) in [6.45, 7) is 2.88. The molecule has 0 aromatic carbocycles. The van der Waals surface area contributed by atoms with Gasteiger partial charge in [0.25, 0.3) is 0 Å². The number of unbranched alkanes of at least 4 members (excludes halogenated alkanes) is 1. The number of fused-ring (bicyclic) bond motifs is 1. The molecule has 0 aliphatic heterocycles. The standard InChI is InChI=1S/C11H15N3S2/c1-8-6-9-10(15-5-3-2-4-12)13-7-14-11(9)16-8/h6-7H,2-5,12H2,1H3. The second-order valence-corrected chi connectivity index (χ2v) is 5.92. The molecule has 0 amide bonds. The minimum Gasteiger partial charge on any atom is -0.330 e. The van der Waals surface area contributed by atoms with Crippen LogP contribution in [0.3, 0.4) is 0 Å². The number of aromatic nitrogens is 2. The van der Waals surface area contributed by atoms with E-state index in [1.807, 2.05) is 0 Å². The van der Waals surface area contributed by atoms with Gasteiger partial charge in [0.2, 0.25) is 0 Å². The Kier molecular flexibility index (Phi) is 4.15. The third-order valence-electron chi connectivity index (χ3n) is 2.25. The molecule has 2 aromatic heterocycles. The molecule has 0 unspecified atom stereocenters. The van der Waals surface area contributed by atoms with Crippen molar-refractivity contribution in [1.82, 2.24) is 9.97 Å². The van der Waals surface area contributed by atoms with Crippen molar-refractivity contribution in [3.63, 3.8) is 0 Å². The number of thiophene rings is 1. The van der Waals surface area contributed by atoms with Gasteiger partial charge in [0.15, 0.2) is 0 Å². The maximum atomic E-state index is 5.47. The van der Waals surface area contributed by atoms with Gasteiger partial charge < -0.3 is 5.73 Å². The normalized spacial score (nSPS) is 11.1. The van der Waals surface area contributed by atoms with Gasteiger partial charge >= 0.3 is 0 Å². The molecule has 16 heavy (non-hydrogen) atoms. The molecule has 86 valence electrons. The van der Waals surface area contributed by atoms with Crippen LogP contribution >= 0.6 is 23.1 Å². The fraction of sp³-hybridized carbons (Fsp3) is 0.455. The molecule has 2 heterocycles. The number of hydrogen-bond acceptors (Lipinski definition) is 5. The maximum Gasteiger partial charge on any atom is 0.128 e. The molecule has 0 radical (unpaired) electrons. The summed E-state index contributed by atoms with van der Waals surface area (Å²) in [5.41, 5.74) is 5.47. The predicted molar refractivity (Wildman–Crippen MR) is 71.2 cm³/mol. The fourth-order valence-electron chi connectivity index (χ4n) is 1.48. The van der Waals surface area contributed by atoms with Crippen molar-refractivity contribution in [2.45, 2.75) is 24.8 Å². The van der Waals surface area contributed by atoms with Gasteiger partial charge in [-0.3, -0.25) is 0 Å². The van der Waals surface area contributed by atoms with E-state index in [1.165, 1.54) is 10.3 Å². The molecule has 0 saturated heterocycles. The van der Waals surface area contributed by atoms with Crippen LogP contribution < -0.4 is 5.73 Å². The number of thioether (sulfide) groups is 1. The Hall–Kier alpha value is -0.650. The average molecular weight is 253 g/mol. The Bertz CT molecular complexity index is 467. The summed E-state index contributed by atoms with van der Waals surface area (Å²) < 4.78 is 0. The van der Waals surface area contributed by atoms with Gasteiger partial charge in [0.05, 0.1) is 0 Å². The van der Waals surface area contributed by atoms with E-state index in [1.54, 1.807) is 29.4 Å². The number of aryl methyl sites for hydroxylation is 1. The highest BCUT2D eigenvalue weighted by atomic mass is 32.2. The lowest BCUT2D eigenvalue weighted by atomic mass is 10.3. The van der Waals surface area contributed by atoms with E-state index >= 15 is 0 Å². The summed E-state index contributed by atoms with van der Waals surface area (Å²) in [4.78, 5) is 11.0. The first-order valence-electron chi connectivity index (χ1n) is 5.35. The third kappa shape index (κ3) is 2.72. The Labute approximate surface area is 103 Å². The maximum absolute atomic E-state index is 5.47. The molecular formula is C11H15N3S2. The van der Waals surface area contributed by atoms with Crippen molar-refractivity contribution >= 4 is 33.3 Å². The topological polar surface area (TPSA) is 51.8 Å². The van der Waals surface area contributed by atoms with Gasteiger partial charge in [0, 0.05) is 10.3 Å². The summed E-state index contributed by atoms with van der Waals surface area (Å²) in [5.74, 6) is 1.08. The van der Waals surface area contributed by atoms with E-state index < -0.39 is 0 Å². The number of hydrogen-bond donors (Lipinski definition) is 1. The summed E-state index contributed by atoms with van der Waals surface area (Å²) >= 11 is 3.53. The lowest BCUT2D eigenvalue weighted by molar-refractivity contribution is 0.814. The molecule has 3 nitrogen and oxygen atoms in total. The first kappa shape index (κ1) is 11.8. The van der Waals surface area contributed by atoms with Crippen LogP contribution in [-0.4, -0.2) is 22.3 Å². The lowest BCUT2D eigenvalue weighted by Gasteiger charge is -2.00. The van der Waals surface area contributed by atoms with Crippen molar-refractivity contribution in [2.24, 2.45) is 5.73 Å². The van der Waals surface area contributed by atoms with E-state index in [4.69, 9.17) is 5.73 Å². The summed E-state index contributed by atoms with van der Waals surface area (Å²) in [7, 11) is 0. The quantitative estimate of drug-likeness (QED) is 0.506. The molecule has 0 aliphatic carbocycles. The predicted octanol–water partition coefficient (Wildman–Crippen LogP) is 2.83. The number of rotatable bonds is 5. The Balaban J connectivity index is 2.11. The van der Waals surface area contributed by atoms with Gasteiger partial charge in [-0.05, 0) is 38.1 Å². The first-order chi connectivity index (χ1) is 7.81. The smallest absolute Gasteiger partial charge is 0.128 e. The van der Waals surface area contributed by atoms with Crippen molar-refractivity contribution in [3.8, 4) is 0 Å². The second kappa shape index (κ2) is 5.61. The van der Waals surface area contributed by atoms with Gasteiger partial charge in [-0.15, -0.1) is 23.1 Å². The zero-order chi connectivity index (χ0) is 11.4. The highest BCUT2D eigenvalue weighted by Crippen LogP contribution is 2.30. The molecule has 2 rings (SSSR count). The van der Waals surface area contributed by atoms with E-state index in [2.05, 4.69) is 23.0 Å². The lowest BCUT2D eigenvalue weighted by Crippen LogP contribution is -1.98. The van der Waals surface area contributed by atoms with Crippen molar-refractivity contribution in [3.05, 3.63) is 17.3 Å². The molecule has 0 bridgehead atoms. The SMILES string of the molecule is Cc1cc2c(SCCCCN)ncnc2s1. The van der Waals surface area contributed by atoms with E-state index in [0.29, 0.717) is 0 Å². The largest absolute Gasteiger partial charge is 0.330 e. The van der Waals surface area contributed by atoms with E-state index in [9.17, 15) is 0 Å². The minimum absolute atomic E-state index is 0.775. The number of nitrogens with two attached hydrogens (primary N) is 1. The van der Waals surface area contributed by atoms with Crippen LogP contribution in [-0.2, 0) is 0 Å². The second-order valence-electron chi connectivity index (χ2n) is 3.60. The van der Waals surface area contributed by atoms with Crippen LogP contribution in [0.1, 0.15) is 17.7 Å². The van der Waals surface area contributed by atoms with E-state index in [0.717, 1.165) is 35.0 Å². The van der Waals surface area contributed by atoms with Crippen molar-refractivity contribution in [1.29, 1.82) is 0 Å². The monoisotopic (exact) mass is 253 g/mol.